The first-order valence-electron chi connectivity index (χ1n) is 6.15. The Morgan fingerprint density at radius 1 is 1.41 bits per heavy atom. The highest BCUT2D eigenvalue weighted by atomic mass is 15.0. The zero-order chi connectivity index (χ0) is 11.7. The Balaban J connectivity index is 1.94. The first kappa shape index (κ1) is 10.5. The summed E-state index contributed by atoms with van der Waals surface area (Å²) >= 11 is 0. The summed E-state index contributed by atoms with van der Waals surface area (Å²) in [6.45, 7) is 4.29. The predicted octanol–water partition coefficient (Wildman–Crippen LogP) is 2.32. The summed E-state index contributed by atoms with van der Waals surface area (Å²) in [7, 11) is 0. The van der Waals surface area contributed by atoms with Gasteiger partial charge in [0.25, 0.3) is 0 Å². The lowest BCUT2D eigenvalue weighted by molar-refractivity contribution is 0.793. The van der Waals surface area contributed by atoms with Crippen molar-refractivity contribution in [3.8, 4) is 0 Å². The Hall–Kier alpha value is -1.61. The molecule has 1 aliphatic rings. The fourth-order valence-corrected chi connectivity index (χ4v) is 2.47. The zero-order valence-electron chi connectivity index (χ0n) is 10.0. The number of hydrogen-bond donors (Lipinski definition) is 2. The van der Waals surface area contributed by atoms with Crippen molar-refractivity contribution >= 4 is 16.6 Å². The molecule has 1 unspecified atom stereocenters. The van der Waals surface area contributed by atoms with E-state index in [-0.39, 0.29) is 0 Å². The van der Waals surface area contributed by atoms with Crippen molar-refractivity contribution in [2.45, 2.75) is 19.4 Å². The summed E-state index contributed by atoms with van der Waals surface area (Å²) in [4.78, 5) is 4.41. The highest BCUT2D eigenvalue weighted by Gasteiger charge is 2.14. The molecule has 2 N–H and O–H groups in total. The molecule has 1 atom stereocenters. The zero-order valence-corrected chi connectivity index (χ0v) is 10.0. The third kappa shape index (κ3) is 2.11. The number of pyridine rings is 1. The number of aryl methyl sites for hydroxylation is 1. The average Bonchev–Trinajstić information content (AvgIpc) is 2.82. The molecule has 3 heteroatoms. The Morgan fingerprint density at radius 2 is 2.35 bits per heavy atom. The lowest BCUT2D eigenvalue weighted by Gasteiger charge is -2.14. The molecule has 1 aliphatic heterocycles. The van der Waals surface area contributed by atoms with E-state index in [9.17, 15) is 0 Å². The van der Waals surface area contributed by atoms with E-state index in [2.05, 4.69) is 40.7 Å². The molecule has 3 nitrogen and oxygen atoms in total. The summed E-state index contributed by atoms with van der Waals surface area (Å²) in [5, 5.41) is 8.16. The maximum atomic E-state index is 4.41. The molecule has 0 aliphatic carbocycles. The fraction of sp³-hybridized carbons (Fsp3) is 0.357. The molecule has 17 heavy (non-hydrogen) atoms. The Labute approximate surface area is 101 Å². The summed E-state index contributed by atoms with van der Waals surface area (Å²) in [6, 6.07) is 9.04. The molecule has 2 aromatic rings. The second-order valence-corrected chi connectivity index (χ2v) is 4.70. The molecule has 0 amide bonds. The van der Waals surface area contributed by atoms with E-state index >= 15 is 0 Å². The van der Waals surface area contributed by atoms with Gasteiger partial charge in [0.1, 0.15) is 0 Å². The molecule has 3 rings (SSSR count). The van der Waals surface area contributed by atoms with Crippen LogP contribution < -0.4 is 10.6 Å². The van der Waals surface area contributed by atoms with Gasteiger partial charge in [-0.25, -0.2) is 0 Å². The third-order valence-electron chi connectivity index (χ3n) is 3.33. The monoisotopic (exact) mass is 227 g/mol. The van der Waals surface area contributed by atoms with Gasteiger partial charge < -0.3 is 10.6 Å². The molecular weight excluding hydrogens is 210 g/mol. The van der Waals surface area contributed by atoms with Crippen LogP contribution in [0.3, 0.4) is 0 Å². The molecule has 1 aromatic heterocycles. The highest BCUT2D eigenvalue weighted by Crippen LogP contribution is 2.22. The highest BCUT2D eigenvalue weighted by molar-refractivity contribution is 5.85. The quantitative estimate of drug-likeness (QED) is 0.826. The lowest BCUT2D eigenvalue weighted by Crippen LogP contribution is -2.22. The fourth-order valence-electron chi connectivity index (χ4n) is 2.47. The first-order valence-corrected chi connectivity index (χ1v) is 6.15. The second kappa shape index (κ2) is 4.34. The molecule has 0 saturated carbocycles. The van der Waals surface area contributed by atoms with E-state index < -0.39 is 0 Å². The van der Waals surface area contributed by atoms with Crippen LogP contribution in [0.5, 0.6) is 0 Å². The first-order chi connectivity index (χ1) is 8.33. The smallest absolute Gasteiger partial charge is 0.0732 e. The van der Waals surface area contributed by atoms with Crippen LogP contribution in [0.25, 0.3) is 10.9 Å². The summed E-state index contributed by atoms with van der Waals surface area (Å²) in [6.07, 6.45) is 3.05. The van der Waals surface area contributed by atoms with Gasteiger partial charge in [-0.2, -0.15) is 0 Å². The van der Waals surface area contributed by atoms with E-state index in [0.717, 1.165) is 18.6 Å². The van der Waals surface area contributed by atoms with Crippen LogP contribution in [0.2, 0.25) is 0 Å². The number of hydrogen-bond acceptors (Lipinski definition) is 3. The van der Waals surface area contributed by atoms with Crippen LogP contribution in [0.4, 0.5) is 5.69 Å². The molecule has 1 fully saturated rings. The Bertz CT molecular complexity index is 530. The van der Waals surface area contributed by atoms with Gasteiger partial charge in [-0.1, -0.05) is 6.07 Å². The summed E-state index contributed by atoms with van der Waals surface area (Å²) in [5.74, 6) is 0. The van der Waals surface area contributed by atoms with Gasteiger partial charge in [0, 0.05) is 29.9 Å². The van der Waals surface area contributed by atoms with Crippen molar-refractivity contribution in [2.24, 2.45) is 0 Å². The van der Waals surface area contributed by atoms with Crippen LogP contribution in [-0.2, 0) is 0 Å². The number of anilines is 1. The molecule has 1 aromatic carbocycles. The maximum Gasteiger partial charge on any atom is 0.0732 e. The molecule has 2 heterocycles. The van der Waals surface area contributed by atoms with Crippen molar-refractivity contribution in [1.29, 1.82) is 0 Å². The number of benzene rings is 1. The van der Waals surface area contributed by atoms with Gasteiger partial charge >= 0.3 is 0 Å². The van der Waals surface area contributed by atoms with Gasteiger partial charge in [-0.3, -0.25) is 4.98 Å². The Kier molecular flexibility index (Phi) is 2.69. The van der Waals surface area contributed by atoms with E-state index in [0.29, 0.717) is 6.04 Å². The van der Waals surface area contributed by atoms with E-state index in [1.54, 1.807) is 0 Å². The minimum Gasteiger partial charge on any atom is -0.381 e. The predicted molar refractivity (Wildman–Crippen MR) is 71.4 cm³/mol. The van der Waals surface area contributed by atoms with Gasteiger partial charge in [-0.05, 0) is 43.7 Å². The van der Waals surface area contributed by atoms with Crippen LogP contribution in [0.1, 0.15) is 12.0 Å². The number of rotatable bonds is 2. The maximum absolute atomic E-state index is 4.41. The number of nitrogens with zero attached hydrogens (tertiary/aromatic N) is 1. The van der Waals surface area contributed by atoms with E-state index in [1.165, 1.54) is 23.1 Å². The lowest BCUT2D eigenvalue weighted by atomic mass is 10.1. The number of nitrogens with one attached hydrogen (secondary N) is 2. The molecule has 0 radical (unpaired) electrons. The molecule has 1 saturated heterocycles. The second-order valence-electron chi connectivity index (χ2n) is 4.70. The van der Waals surface area contributed by atoms with Crippen LogP contribution in [-0.4, -0.2) is 24.1 Å². The molecule has 88 valence electrons. The molecular formula is C14H17N3. The van der Waals surface area contributed by atoms with Crippen LogP contribution in [0, 0.1) is 6.92 Å². The van der Waals surface area contributed by atoms with Crippen molar-refractivity contribution in [2.75, 3.05) is 18.4 Å². The SMILES string of the molecule is Cc1cc(NC2CCNC2)cc2cccnc12. The topological polar surface area (TPSA) is 37.0 Å². The van der Waals surface area contributed by atoms with Gasteiger partial charge in [0.15, 0.2) is 0 Å². The molecule has 0 bridgehead atoms. The minimum absolute atomic E-state index is 0.559. The number of fused-ring (bicyclic) bond motifs is 1. The summed E-state index contributed by atoms with van der Waals surface area (Å²) < 4.78 is 0. The standard InChI is InChI=1S/C14H17N3/c1-10-7-13(17-12-4-6-15-9-12)8-11-3-2-5-16-14(10)11/h2-3,5,7-8,12,15,17H,4,6,9H2,1H3. The van der Waals surface area contributed by atoms with Crippen molar-refractivity contribution < 1.29 is 0 Å². The number of aromatic nitrogens is 1. The molecule has 0 spiro atoms. The normalized spacial score (nSPS) is 19.7. The third-order valence-corrected chi connectivity index (χ3v) is 3.33. The average molecular weight is 227 g/mol. The van der Waals surface area contributed by atoms with Crippen molar-refractivity contribution in [3.05, 3.63) is 36.0 Å². The largest absolute Gasteiger partial charge is 0.381 e. The van der Waals surface area contributed by atoms with Crippen LogP contribution in [0.15, 0.2) is 30.5 Å². The van der Waals surface area contributed by atoms with Crippen molar-refractivity contribution in [3.63, 3.8) is 0 Å². The van der Waals surface area contributed by atoms with Crippen LogP contribution >= 0.6 is 0 Å². The van der Waals surface area contributed by atoms with Gasteiger partial charge in [-0.15, -0.1) is 0 Å². The minimum atomic E-state index is 0.559. The van der Waals surface area contributed by atoms with Gasteiger partial charge in [0.05, 0.1) is 5.52 Å². The van der Waals surface area contributed by atoms with E-state index in [4.69, 9.17) is 0 Å². The van der Waals surface area contributed by atoms with Gasteiger partial charge in [0.2, 0.25) is 0 Å². The summed E-state index contributed by atoms with van der Waals surface area (Å²) in [5.41, 5.74) is 3.54. The van der Waals surface area contributed by atoms with Crippen molar-refractivity contribution in [1.82, 2.24) is 10.3 Å². The van der Waals surface area contributed by atoms with E-state index in [1.807, 2.05) is 12.3 Å². The Morgan fingerprint density at radius 3 is 3.18 bits per heavy atom.